The highest BCUT2D eigenvalue weighted by Gasteiger charge is 2.19. The zero-order valence-corrected chi connectivity index (χ0v) is 41.7. The largest absolute Gasteiger partial charge is 0.462 e. The van der Waals surface area contributed by atoms with Crippen molar-refractivity contribution in [1.82, 2.24) is 0 Å². The molecular formula is C59H94O6. The van der Waals surface area contributed by atoms with E-state index < -0.39 is 6.10 Å². The predicted octanol–water partition coefficient (Wildman–Crippen LogP) is 17.3. The van der Waals surface area contributed by atoms with Gasteiger partial charge in [-0.2, -0.15) is 0 Å². The Kier molecular flexibility index (Phi) is 49.1. The summed E-state index contributed by atoms with van der Waals surface area (Å²) in [5.41, 5.74) is 0. The Morgan fingerprint density at radius 1 is 0.338 bits per heavy atom. The van der Waals surface area contributed by atoms with Crippen molar-refractivity contribution in [2.45, 2.75) is 219 Å². The van der Waals surface area contributed by atoms with E-state index in [4.69, 9.17) is 14.2 Å². The summed E-state index contributed by atoms with van der Waals surface area (Å²) < 4.78 is 16.7. The highest BCUT2D eigenvalue weighted by Crippen LogP contribution is 2.13. The summed E-state index contributed by atoms with van der Waals surface area (Å²) in [5.74, 6) is -0.968. The van der Waals surface area contributed by atoms with Gasteiger partial charge in [0.2, 0.25) is 0 Å². The van der Waals surface area contributed by atoms with Crippen LogP contribution in [0.2, 0.25) is 0 Å². The molecule has 0 aliphatic rings. The van der Waals surface area contributed by atoms with Crippen molar-refractivity contribution in [3.8, 4) is 0 Å². The molecule has 0 aromatic carbocycles. The summed E-state index contributed by atoms with van der Waals surface area (Å²) >= 11 is 0. The molecule has 0 heterocycles. The van der Waals surface area contributed by atoms with E-state index in [1.807, 2.05) is 36.5 Å². The lowest BCUT2D eigenvalue weighted by Gasteiger charge is -2.18. The van der Waals surface area contributed by atoms with Crippen molar-refractivity contribution in [2.24, 2.45) is 0 Å². The SMILES string of the molecule is CC/C=C\C/C=C\C/C=C\C/C=C\C/C=C\CCCCCC(=O)OCC(COC(=O)CCCCCCCCCCCC)OC(=O)CCCCCCC\C=C/C=C\C=C/C=C\C=C/CCC. The normalized spacial score (nSPS) is 13.1. The molecule has 0 aliphatic heterocycles. The number of rotatable bonds is 45. The lowest BCUT2D eigenvalue weighted by atomic mass is 10.1. The van der Waals surface area contributed by atoms with Crippen LogP contribution in [0, 0.1) is 0 Å². The summed E-state index contributed by atoms with van der Waals surface area (Å²) in [7, 11) is 0. The molecule has 0 aliphatic carbocycles. The molecule has 6 nitrogen and oxygen atoms in total. The Morgan fingerprint density at radius 3 is 1.15 bits per heavy atom. The van der Waals surface area contributed by atoms with Gasteiger partial charge in [0.1, 0.15) is 13.2 Å². The fraction of sp³-hybridized carbons (Fsp3) is 0.610. The van der Waals surface area contributed by atoms with Crippen LogP contribution in [0.15, 0.2) is 122 Å². The van der Waals surface area contributed by atoms with E-state index in [1.165, 1.54) is 51.4 Å². The first-order valence-electron chi connectivity index (χ1n) is 26.1. The smallest absolute Gasteiger partial charge is 0.306 e. The Bertz CT molecular complexity index is 1400. The number of hydrogen-bond acceptors (Lipinski definition) is 6. The fourth-order valence-corrected chi connectivity index (χ4v) is 6.67. The second-order valence-electron chi connectivity index (χ2n) is 16.8. The van der Waals surface area contributed by atoms with Crippen LogP contribution in [0.5, 0.6) is 0 Å². The summed E-state index contributed by atoms with van der Waals surface area (Å²) in [6, 6.07) is 0. The molecule has 1 unspecified atom stereocenters. The maximum absolute atomic E-state index is 12.8. The Hall–Kier alpha value is -4.19. The first-order valence-corrected chi connectivity index (χ1v) is 26.1. The molecule has 0 N–H and O–H groups in total. The average Bonchev–Trinajstić information content (AvgIpc) is 3.30. The van der Waals surface area contributed by atoms with Crippen LogP contribution >= 0.6 is 0 Å². The number of carbonyl (C=O) groups is 3. The topological polar surface area (TPSA) is 78.9 Å². The minimum atomic E-state index is -0.807. The van der Waals surface area contributed by atoms with Crippen LogP contribution < -0.4 is 0 Å². The number of esters is 3. The third kappa shape index (κ3) is 50.7. The second-order valence-corrected chi connectivity index (χ2v) is 16.8. The standard InChI is InChI=1S/C59H94O6/c1-4-7-10-13-16-19-22-24-26-28-30-32-33-35-37-40-43-46-49-52-58(61)64-55-56(54-63-57(60)51-48-45-42-39-21-18-15-12-9-6-3)65-59(62)53-50-47-44-41-38-36-34-31-29-27-25-23-20-17-14-11-8-5-2/h7,10-11,14,16-17,19-20,23-27,29-32,34-35,37,56H,4-6,8-9,12-13,15,18,21-22,28,33,36,38-55H2,1-3H3/b10-7-,14-11-,19-16-,20-17-,25-23-,26-24-,29-27-,32-30-,34-31-,37-35-. The van der Waals surface area contributed by atoms with Crippen LogP contribution in [-0.4, -0.2) is 37.2 Å². The summed E-state index contributed by atoms with van der Waals surface area (Å²) in [6.45, 7) is 6.36. The third-order valence-corrected chi connectivity index (χ3v) is 10.6. The van der Waals surface area contributed by atoms with E-state index in [9.17, 15) is 14.4 Å². The van der Waals surface area contributed by atoms with Gasteiger partial charge in [0.25, 0.3) is 0 Å². The van der Waals surface area contributed by atoms with Crippen LogP contribution in [0.1, 0.15) is 213 Å². The van der Waals surface area contributed by atoms with Gasteiger partial charge >= 0.3 is 17.9 Å². The van der Waals surface area contributed by atoms with Crippen LogP contribution in [0.3, 0.4) is 0 Å². The van der Waals surface area contributed by atoms with Gasteiger partial charge in [-0.3, -0.25) is 14.4 Å². The van der Waals surface area contributed by atoms with Crippen molar-refractivity contribution in [1.29, 1.82) is 0 Å². The number of ether oxygens (including phenoxy) is 3. The molecule has 366 valence electrons. The van der Waals surface area contributed by atoms with E-state index in [-0.39, 0.29) is 37.5 Å². The molecule has 0 rings (SSSR count). The van der Waals surface area contributed by atoms with Crippen molar-refractivity contribution >= 4 is 17.9 Å². The molecule has 0 spiro atoms. The van der Waals surface area contributed by atoms with Gasteiger partial charge in [0, 0.05) is 19.3 Å². The minimum absolute atomic E-state index is 0.102. The maximum Gasteiger partial charge on any atom is 0.306 e. The van der Waals surface area contributed by atoms with Gasteiger partial charge in [0.15, 0.2) is 6.10 Å². The van der Waals surface area contributed by atoms with Crippen LogP contribution in [0.25, 0.3) is 0 Å². The summed E-state index contributed by atoms with van der Waals surface area (Å²) in [4.78, 5) is 38.0. The van der Waals surface area contributed by atoms with Gasteiger partial charge in [-0.05, 0) is 83.5 Å². The Morgan fingerprint density at radius 2 is 0.692 bits per heavy atom. The maximum atomic E-state index is 12.8. The zero-order valence-electron chi connectivity index (χ0n) is 41.7. The first kappa shape index (κ1) is 60.8. The quantitative estimate of drug-likeness (QED) is 0.0199. The lowest BCUT2D eigenvalue weighted by Crippen LogP contribution is -2.30. The molecule has 6 heteroatoms. The molecule has 0 bridgehead atoms. The molecule has 65 heavy (non-hydrogen) atoms. The van der Waals surface area contributed by atoms with Crippen LogP contribution in [-0.2, 0) is 28.6 Å². The highest BCUT2D eigenvalue weighted by atomic mass is 16.6. The molecule has 0 fully saturated rings. The van der Waals surface area contributed by atoms with Crippen LogP contribution in [0.4, 0.5) is 0 Å². The van der Waals surface area contributed by atoms with Crippen molar-refractivity contribution in [2.75, 3.05) is 13.2 Å². The molecule has 0 radical (unpaired) electrons. The molecule has 0 amide bonds. The van der Waals surface area contributed by atoms with Crippen molar-refractivity contribution in [3.05, 3.63) is 122 Å². The molecule has 0 saturated heterocycles. The fourth-order valence-electron chi connectivity index (χ4n) is 6.67. The third-order valence-electron chi connectivity index (χ3n) is 10.6. The van der Waals surface area contributed by atoms with E-state index >= 15 is 0 Å². The Labute approximate surface area is 399 Å². The number of carbonyl (C=O) groups excluding carboxylic acids is 3. The van der Waals surface area contributed by atoms with E-state index in [0.717, 1.165) is 122 Å². The Balaban J connectivity index is 4.49. The number of unbranched alkanes of at least 4 members (excludes halogenated alkanes) is 18. The lowest BCUT2D eigenvalue weighted by molar-refractivity contribution is -0.167. The predicted molar refractivity (Wildman–Crippen MR) is 279 cm³/mol. The average molecular weight is 899 g/mol. The minimum Gasteiger partial charge on any atom is -0.462 e. The summed E-state index contributed by atoms with van der Waals surface area (Å²) in [5, 5.41) is 0. The van der Waals surface area contributed by atoms with Gasteiger partial charge in [-0.25, -0.2) is 0 Å². The summed E-state index contributed by atoms with van der Waals surface area (Å²) in [6.07, 6.45) is 71.7. The van der Waals surface area contributed by atoms with Crippen molar-refractivity contribution in [3.63, 3.8) is 0 Å². The molecule has 0 aromatic rings. The molecule has 0 saturated carbocycles. The molecule has 1 atom stereocenters. The first-order chi connectivity index (χ1) is 32.0. The highest BCUT2D eigenvalue weighted by molar-refractivity contribution is 5.71. The molecular weight excluding hydrogens is 805 g/mol. The molecule has 0 aromatic heterocycles. The second kappa shape index (κ2) is 52.4. The van der Waals surface area contributed by atoms with Gasteiger partial charge in [0.05, 0.1) is 0 Å². The van der Waals surface area contributed by atoms with Gasteiger partial charge in [-0.1, -0.05) is 232 Å². The number of hydrogen-bond donors (Lipinski definition) is 0. The van der Waals surface area contributed by atoms with Gasteiger partial charge < -0.3 is 14.2 Å². The van der Waals surface area contributed by atoms with Crippen molar-refractivity contribution < 1.29 is 28.6 Å². The van der Waals surface area contributed by atoms with E-state index in [0.29, 0.717) is 12.8 Å². The van der Waals surface area contributed by atoms with Gasteiger partial charge in [-0.15, -0.1) is 0 Å². The monoisotopic (exact) mass is 899 g/mol. The van der Waals surface area contributed by atoms with E-state index in [2.05, 4.69) is 106 Å². The number of allylic oxidation sites excluding steroid dienone is 20. The zero-order chi connectivity index (χ0) is 47.2. The van der Waals surface area contributed by atoms with E-state index in [1.54, 1.807) is 0 Å².